The summed E-state index contributed by atoms with van der Waals surface area (Å²) in [5.74, 6) is 0.0398. The maximum absolute atomic E-state index is 13.4. The van der Waals surface area contributed by atoms with Crippen LogP contribution >= 0.6 is 0 Å². The fourth-order valence-corrected chi connectivity index (χ4v) is 5.25. The Labute approximate surface area is 238 Å². The van der Waals surface area contributed by atoms with Crippen molar-refractivity contribution in [3.8, 4) is 0 Å². The van der Waals surface area contributed by atoms with Crippen molar-refractivity contribution >= 4 is 28.4 Å². The second kappa shape index (κ2) is 11.7. The number of aliphatic carboxylic acids is 1. The van der Waals surface area contributed by atoms with Crippen molar-refractivity contribution in [2.75, 3.05) is 0 Å². The van der Waals surface area contributed by atoms with Crippen LogP contribution in [-0.4, -0.2) is 22.1 Å². The number of benzene rings is 3. The highest BCUT2D eigenvalue weighted by molar-refractivity contribution is 5.89. The van der Waals surface area contributed by atoms with Crippen molar-refractivity contribution in [3.05, 3.63) is 129 Å². The Morgan fingerprint density at radius 2 is 1.76 bits per heavy atom. The molecule has 0 spiro atoms. The zero-order chi connectivity index (χ0) is 29.1. The molecule has 0 fully saturated rings. The van der Waals surface area contributed by atoms with Gasteiger partial charge in [0, 0.05) is 11.0 Å². The van der Waals surface area contributed by atoms with Gasteiger partial charge < -0.3 is 19.4 Å². The van der Waals surface area contributed by atoms with E-state index >= 15 is 0 Å². The van der Waals surface area contributed by atoms with Gasteiger partial charge in [0.2, 0.25) is 5.91 Å². The van der Waals surface area contributed by atoms with Gasteiger partial charge in [0.25, 0.3) is 0 Å². The molecular formula is C34H32N2O5. The molecule has 5 aromatic rings. The standard InChI is InChI=1S/C34H32N2O5/c1-20-10-12-27(21(2)16-20)34(25-8-6-5-7-9-25)35-31(37)18-24-11-14-29-26(17-24)19-30(40-29)28(13-15-32(38)39)33-22(3)36-41-23(33)4/h5-14,16-17,19,34H,15,18H2,1-4H3,(H,35,37)(H,38,39)/b28-13+. The first-order valence-electron chi connectivity index (χ1n) is 13.5. The Hall–Kier alpha value is -4.91. The third-order valence-electron chi connectivity index (χ3n) is 7.17. The zero-order valence-electron chi connectivity index (χ0n) is 23.5. The van der Waals surface area contributed by atoms with Crippen LogP contribution in [0.2, 0.25) is 0 Å². The molecule has 2 N–H and O–H groups in total. The van der Waals surface area contributed by atoms with E-state index in [1.807, 2.05) is 54.6 Å². The number of carboxylic acid groups (broad SMARTS) is 1. The summed E-state index contributed by atoms with van der Waals surface area (Å²) < 4.78 is 11.5. The number of carbonyl (C=O) groups is 2. The quantitative estimate of drug-likeness (QED) is 0.205. The molecule has 7 nitrogen and oxygen atoms in total. The van der Waals surface area contributed by atoms with Gasteiger partial charge in [-0.2, -0.15) is 0 Å². The fraction of sp³-hybridized carbons (Fsp3) is 0.206. The number of furan rings is 1. The molecule has 0 bridgehead atoms. The molecule has 208 valence electrons. The average Bonchev–Trinajstić information content (AvgIpc) is 3.51. The number of aryl methyl sites for hydroxylation is 4. The molecule has 0 saturated carbocycles. The summed E-state index contributed by atoms with van der Waals surface area (Å²) >= 11 is 0. The topological polar surface area (TPSA) is 106 Å². The number of rotatable bonds is 9. The molecule has 41 heavy (non-hydrogen) atoms. The smallest absolute Gasteiger partial charge is 0.307 e. The monoisotopic (exact) mass is 548 g/mol. The van der Waals surface area contributed by atoms with E-state index in [0.29, 0.717) is 33.9 Å². The predicted octanol–water partition coefficient (Wildman–Crippen LogP) is 7.01. The van der Waals surface area contributed by atoms with E-state index < -0.39 is 5.97 Å². The molecule has 7 heteroatoms. The van der Waals surface area contributed by atoms with Crippen LogP contribution in [0, 0.1) is 27.7 Å². The highest BCUT2D eigenvalue weighted by Crippen LogP contribution is 2.33. The van der Waals surface area contributed by atoms with Crippen LogP contribution in [0.3, 0.4) is 0 Å². The summed E-state index contributed by atoms with van der Waals surface area (Å²) in [7, 11) is 0. The maximum atomic E-state index is 13.4. The molecule has 0 saturated heterocycles. The minimum atomic E-state index is -0.951. The predicted molar refractivity (Wildman–Crippen MR) is 158 cm³/mol. The van der Waals surface area contributed by atoms with Gasteiger partial charge in [-0.15, -0.1) is 0 Å². The zero-order valence-corrected chi connectivity index (χ0v) is 23.5. The van der Waals surface area contributed by atoms with Crippen molar-refractivity contribution in [2.45, 2.75) is 46.6 Å². The highest BCUT2D eigenvalue weighted by Gasteiger charge is 2.21. The summed E-state index contributed by atoms with van der Waals surface area (Å²) in [5.41, 5.74) is 7.81. The molecule has 1 unspecified atom stereocenters. The second-order valence-electron chi connectivity index (χ2n) is 10.3. The first-order valence-corrected chi connectivity index (χ1v) is 13.5. The van der Waals surface area contributed by atoms with E-state index in [1.54, 1.807) is 19.9 Å². The van der Waals surface area contributed by atoms with Crippen LogP contribution in [0.1, 0.15) is 63.1 Å². The van der Waals surface area contributed by atoms with Crippen LogP contribution in [-0.2, 0) is 16.0 Å². The Morgan fingerprint density at radius 3 is 2.44 bits per heavy atom. The molecule has 5 rings (SSSR count). The second-order valence-corrected chi connectivity index (χ2v) is 10.3. The lowest BCUT2D eigenvalue weighted by molar-refractivity contribution is -0.136. The van der Waals surface area contributed by atoms with Crippen molar-refractivity contribution < 1.29 is 23.6 Å². The van der Waals surface area contributed by atoms with Crippen LogP contribution in [0.15, 0.2) is 87.8 Å². The van der Waals surface area contributed by atoms with Gasteiger partial charge in [0.15, 0.2) is 0 Å². The minimum absolute atomic E-state index is 0.0975. The number of nitrogens with one attached hydrogen (secondary N) is 1. The van der Waals surface area contributed by atoms with E-state index in [4.69, 9.17) is 8.94 Å². The van der Waals surface area contributed by atoms with Crippen molar-refractivity contribution in [2.24, 2.45) is 0 Å². The van der Waals surface area contributed by atoms with Crippen molar-refractivity contribution in [1.29, 1.82) is 0 Å². The van der Waals surface area contributed by atoms with E-state index in [2.05, 4.69) is 42.5 Å². The highest BCUT2D eigenvalue weighted by atomic mass is 16.5. The summed E-state index contributed by atoms with van der Waals surface area (Å²) in [6, 6.07) is 23.5. The van der Waals surface area contributed by atoms with Crippen LogP contribution in [0.5, 0.6) is 0 Å². The molecule has 1 amide bonds. The molecule has 2 heterocycles. The number of aromatic nitrogens is 1. The summed E-state index contributed by atoms with van der Waals surface area (Å²) in [5, 5.41) is 17.4. The summed E-state index contributed by atoms with van der Waals surface area (Å²) in [6.07, 6.45) is 1.62. The van der Waals surface area contributed by atoms with Gasteiger partial charge in [0.05, 0.1) is 30.1 Å². The van der Waals surface area contributed by atoms with Crippen molar-refractivity contribution in [3.63, 3.8) is 0 Å². The minimum Gasteiger partial charge on any atom is -0.481 e. The van der Waals surface area contributed by atoms with E-state index in [1.165, 1.54) is 5.56 Å². The Kier molecular flexibility index (Phi) is 7.88. The lowest BCUT2D eigenvalue weighted by Crippen LogP contribution is -2.31. The van der Waals surface area contributed by atoms with Gasteiger partial charge in [0.1, 0.15) is 17.1 Å². The number of hydrogen-bond donors (Lipinski definition) is 2. The Morgan fingerprint density at radius 1 is 0.976 bits per heavy atom. The lowest BCUT2D eigenvalue weighted by atomic mass is 9.93. The molecular weight excluding hydrogens is 516 g/mol. The Bertz CT molecular complexity index is 1740. The normalized spacial score (nSPS) is 12.4. The largest absolute Gasteiger partial charge is 0.481 e. The van der Waals surface area contributed by atoms with Crippen LogP contribution in [0.4, 0.5) is 0 Å². The molecule has 0 aliphatic rings. The van der Waals surface area contributed by atoms with Gasteiger partial charge in [-0.1, -0.05) is 71.4 Å². The number of carbonyl (C=O) groups excluding carboxylic acids is 1. The molecule has 3 aromatic carbocycles. The van der Waals surface area contributed by atoms with Crippen LogP contribution in [0.25, 0.3) is 16.5 Å². The number of amides is 1. The first kappa shape index (κ1) is 27.6. The van der Waals surface area contributed by atoms with E-state index in [0.717, 1.165) is 27.6 Å². The number of fused-ring (bicyclic) bond motifs is 1. The van der Waals surface area contributed by atoms with Gasteiger partial charge in [-0.3, -0.25) is 9.59 Å². The third-order valence-corrected chi connectivity index (χ3v) is 7.17. The van der Waals surface area contributed by atoms with Crippen molar-refractivity contribution in [1.82, 2.24) is 10.5 Å². The summed E-state index contributed by atoms with van der Waals surface area (Å²) in [6.45, 7) is 7.71. The first-order chi connectivity index (χ1) is 19.7. The SMILES string of the molecule is Cc1ccc(C(NC(=O)Cc2ccc3oc(/C(=C\CC(=O)O)c4c(C)noc4C)cc3c2)c2ccccc2)c(C)c1. The number of carboxylic acids is 1. The van der Waals surface area contributed by atoms with Gasteiger partial charge >= 0.3 is 5.97 Å². The average molecular weight is 549 g/mol. The van der Waals surface area contributed by atoms with E-state index in [-0.39, 0.29) is 24.8 Å². The molecule has 2 aromatic heterocycles. The lowest BCUT2D eigenvalue weighted by Gasteiger charge is -2.22. The molecule has 0 aliphatic carbocycles. The molecule has 0 aliphatic heterocycles. The van der Waals surface area contributed by atoms with E-state index in [9.17, 15) is 14.7 Å². The van der Waals surface area contributed by atoms with Gasteiger partial charge in [-0.05, 0) is 68.1 Å². The number of hydrogen-bond acceptors (Lipinski definition) is 5. The summed E-state index contributed by atoms with van der Waals surface area (Å²) in [4.78, 5) is 24.7. The van der Waals surface area contributed by atoms with Crippen LogP contribution < -0.4 is 5.32 Å². The number of nitrogens with zero attached hydrogens (tertiary/aromatic N) is 1. The molecule has 0 radical (unpaired) electrons. The Balaban J connectivity index is 1.42. The fourth-order valence-electron chi connectivity index (χ4n) is 5.25. The maximum Gasteiger partial charge on any atom is 0.307 e. The third kappa shape index (κ3) is 6.14. The molecule has 1 atom stereocenters. The van der Waals surface area contributed by atoms with Gasteiger partial charge in [-0.25, -0.2) is 0 Å².